The number of halogens is 1. The highest BCUT2D eigenvalue weighted by Gasteiger charge is 2.24. The first kappa shape index (κ1) is 23.9. The van der Waals surface area contributed by atoms with Crippen LogP contribution in [0.15, 0.2) is 39.0 Å². The fraction of sp³-hybridized carbons (Fsp3) is 0.409. The van der Waals surface area contributed by atoms with Crippen LogP contribution < -0.4 is 17.0 Å². The molecule has 12 heteroatoms. The molecule has 1 aliphatic heterocycles. The summed E-state index contributed by atoms with van der Waals surface area (Å²) in [7, 11) is 0. The van der Waals surface area contributed by atoms with Crippen molar-refractivity contribution >= 4 is 23.4 Å². The molecule has 1 saturated heterocycles. The fourth-order valence-corrected chi connectivity index (χ4v) is 4.69. The molecule has 1 fully saturated rings. The van der Waals surface area contributed by atoms with E-state index in [0.29, 0.717) is 36.1 Å². The molecule has 1 unspecified atom stereocenters. The highest BCUT2D eigenvalue weighted by Crippen LogP contribution is 2.27. The van der Waals surface area contributed by atoms with Gasteiger partial charge >= 0.3 is 5.69 Å². The molecule has 1 aromatic carbocycles. The van der Waals surface area contributed by atoms with E-state index in [1.165, 1.54) is 16.7 Å². The van der Waals surface area contributed by atoms with Crippen LogP contribution in [0.5, 0.6) is 0 Å². The van der Waals surface area contributed by atoms with Gasteiger partial charge in [-0.2, -0.15) is 0 Å². The number of benzene rings is 1. The van der Waals surface area contributed by atoms with Gasteiger partial charge in [0.2, 0.25) is 0 Å². The molecule has 0 radical (unpaired) electrons. The maximum atomic E-state index is 13.4. The molecule has 3 N–H and O–H groups in total. The van der Waals surface area contributed by atoms with Gasteiger partial charge < -0.3 is 10.5 Å². The number of thioether (sulfide) groups is 1. The minimum atomic E-state index is -0.812. The van der Waals surface area contributed by atoms with Crippen molar-refractivity contribution in [1.29, 1.82) is 0 Å². The van der Waals surface area contributed by atoms with Crippen LogP contribution in [-0.2, 0) is 17.8 Å². The minimum Gasteiger partial charge on any atom is -0.384 e. The Morgan fingerprint density at radius 2 is 2.03 bits per heavy atom. The van der Waals surface area contributed by atoms with Crippen molar-refractivity contribution in [3.8, 4) is 11.4 Å². The van der Waals surface area contributed by atoms with E-state index in [1.54, 1.807) is 12.1 Å². The van der Waals surface area contributed by atoms with Crippen LogP contribution in [-0.4, -0.2) is 48.6 Å². The van der Waals surface area contributed by atoms with Crippen molar-refractivity contribution in [3.05, 3.63) is 56.5 Å². The van der Waals surface area contributed by atoms with Crippen molar-refractivity contribution in [2.24, 2.45) is 0 Å². The number of anilines is 1. The summed E-state index contributed by atoms with van der Waals surface area (Å²) < 4.78 is 22.2. The van der Waals surface area contributed by atoms with Gasteiger partial charge in [-0.3, -0.25) is 23.7 Å². The third-order valence-corrected chi connectivity index (χ3v) is 6.49. The second-order valence-electron chi connectivity index (χ2n) is 7.94. The molecule has 0 saturated carbocycles. The summed E-state index contributed by atoms with van der Waals surface area (Å²) in [4.78, 5) is 39.5. The Morgan fingerprint density at radius 1 is 1.26 bits per heavy atom. The van der Waals surface area contributed by atoms with E-state index in [2.05, 4.69) is 15.2 Å². The molecule has 180 valence electrons. The zero-order chi connectivity index (χ0) is 24.2. The Labute approximate surface area is 198 Å². The predicted octanol–water partition coefficient (Wildman–Crippen LogP) is 2.08. The van der Waals surface area contributed by atoms with Crippen LogP contribution in [0.1, 0.15) is 36.5 Å². The molecule has 1 atom stereocenters. The molecule has 0 spiro atoms. The maximum absolute atomic E-state index is 13.4. The quantitative estimate of drug-likeness (QED) is 0.345. The average molecular weight is 489 g/mol. The lowest BCUT2D eigenvalue weighted by molar-refractivity contribution is 0.0953. The van der Waals surface area contributed by atoms with E-state index in [-0.39, 0.29) is 35.6 Å². The number of H-pyrrole nitrogens is 1. The second-order valence-corrected chi connectivity index (χ2v) is 8.88. The lowest BCUT2D eigenvalue weighted by Crippen LogP contribution is -2.36. The Hall–Kier alpha value is -3.25. The molecule has 3 aromatic rings. The topological polar surface area (TPSA) is 138 Å². The smallest absolute Gasteiger partial charge is 0.329 e. The number of hydrogen-bond donors (Lipinski definition) is 2. The molecule has 0 aliphatic carbocycles. The van der Waals surface area contributed by atoms with E-state index < -0.39 is 17.0 Å². The summed E-state index contributed by atoms with van der Waals surface area (Å²) in [5.41, 5.74) is 4.98. The number of nitrogen functional groups attached to an aromatic ring is 1. The first-order valence-electron chi connectivity index (χ1n) is 11.0. The first-order chi connectivity index (χ1) is 16.4. The first-order valence-corrected chi connectivity index (χ1v) is 12.0. The van der Waals surface area contributed by atoms with Crippen LogP contribution in [0, 0.1) is 5.82 Å². The summed E-state index contributed by atoms with van der Waals surface area (Å²) in [5, 5.41) is 8.95. The summed E-state index contributed by atoms with van der Waals surface area (Å²) >= 11 is 1.11. The summed E-state index contributed by atoms with van der Waals surface area (Å²) in [6.07, 6.45) is 2.42. The van der Waals surface area contributed by atoms with Gasteiger partial charge in [-0.05, 0) is 43.5 Å². The number of ketones is 1. The van der Waals surface area contributed by atoms with Crippen LogP contribution >= 0.6 is 11.8 Å². The van der Waals surface area contributed by atoms with Crippen LogP contribution in [0.4, 0.5) is 10.2 Å². The van der Waals surface area contributed by atoms with Crippen molar-refractivity contribution in [1.82, 2.24) is 24.3 Å². The number of ether oxygens (including phenoxy) is 1. The largest absolute Gasteiger partial charge is 0.384 e. The zero-order valence-corrected chi connectivity index (χ0v) is 19.4. The van der Waals surface area contributed by atoms with E-state index in [9.17, 15) is 18.8 Å². The molecule has 34 heavy (non-hydrogen) atoms. The van der Waals surface area contributed by atoms with Gasteiger partial charge in [0, 0.05) is 18.7 Å². The minimum absolute atomic E-state index is 0.0265. The number of carbonyl (C=O) groups excluding carboxylic acids is 1. The number of carbonyl (C=O) groups is 1. The summed E-state index contributed by atoms with van der Waals surface area (Å²) in [6.45, 7) is 3.29. The Kier molecular flexibility index (Phi) is 7.27. The third-order valence-electron chi connectivity index (χ3n) is 5.53. The molecule has 0 amide bonds. The zero-order valence-electron chi connectivity index (χ0n) is 18.6. The molecule has 0 bridgehead atoms. The maximum Gasteiger partial charge on any atom is 0.329 e. The van der Waals surface area contributed by atoms with Gasteiger partial charge in [0.1, 0.15) is 17.2 Å². The number of nitrogens with two attached hydrogens (primary N) is 1. The van der Waals surface area contributed by atoms with E-state index in [1.807, 2.05) is 11.5 Å². The average Bonchev–Trinajstić information content (AvgIpc) is 3.46. The van der Waals surface area contributed by atoms with Gasteiger partial charge in [0.15, 0.2) is 16.8 Å². The van der Waals surface area contributed by atoms with Gasteiger partial charge in [0.05, 0.1) is 18.4 Å². The van der Waals surface area contributed by atoms with Gasteiger partial charge in [-0.25, -0.2) is 9.18 Å². The number of rotatable bonds is 9. The number of nitrogens with zero attached hydrogens (tertiary/aromatic N) is 4. The number of nitrogens with one attached hydrogen (secondary N) is 1. The molecule has 4 rings (SSSR count). The second kappa shape index (κ2) is 10.3. The standard InChI is InChI=1S/C22H25FN6O4S/c1-2-9-28-18(24)17(20(31)25-21(28)32)16(30)12-34-22-27-26-19(13-5-7-14(23)8-6-13)29(22)11-15-4-3-10-33-15/h5-8,15H,2-4,9-12,24H2,1H3,(H,25,31,32). The van der Waals surface area contributed by atoms with E-state index in [4.69, 9.17) is 10.5 Å². The lowest BCUT2D eigenvalue weighted by atomic mass is 10.2. The van der Waals surface area contributed by atoms with Crippen molar-refractivity contribution in [2.75, 3.05) is 18.1 Å². The summed E-state index contributed by atoms with van der Waals surface area (Å²) in [6, 6.07) is 5.92. The molecule has 2 aromatic heterocycles. The van der Waals surface area contributed by atoms with Crippen LogP contribution in [0.2, 0.25) is 0 Å². The number of hydrogen-bond acceptors (Lipinski definition) is 8. The highest BCUT2D eigenvalue weighted by atomic mass is 32.2. The predicted molar refractivity (Wildman–Crippen MR) is 125 cm³/mol. The van der Waals surface area contributed by atoms with Crippen molar-refractivity contribution < 1.29 is 13.9 Å². The highest BCUT2D eigenvalue weighted by molar-refractivity contribution is 7.99. The Bertz CT molecular complexity index is 1290. The number of aromatic nitrogens is 5. The SMILES string of the molecule is CCCn1c(N)c(C(=O)CSc2nnc(-c3ccc(F)cc3)n2CC2CCCO2)c(=O)[nH]c1=O. The monoisotopic (exact) mass is 488 g/mol. The van der Waals surface area contributed by atoms with E-state index >= 15 is 0 Å². The molecule has 10 nitrogen and oxygen atoms in total. The van der Waals surface area contributed by atoms with Gasteiger partial charge in [-0.15, -0.1) is 10.2 Å². The van der Waals surface area contributed by atoms with E-state index in [0.717, 1.165) is 24.6 Å². The van der Waals surface area contributed by atoms with Crippen LogP contribution in [0.25, 0.3) is 11.4 Å². The number of Topliss-reactive ketones (excluding diaryl/α,β-unsaturated/α-hetero) is 1. The molecule has 1 aliphatic rings. The fourth-order valence-electron chi connectivity index (χ4n) is 3.87. The Balaban J connectivity index is 1.61. The summed E-state index contributed by atoms with van der Waals surface area (Å²) in [5.74, 6) is -0.636. The Morgan fingerprint density at radius 3 is 2.71 bits per heavy atom. The van der Waals surface area contributed by atoms with Gasteiger partial charge in [-0.1, -0.05) is 18.7 Å². The molecular formula is C22H25FN6O4S. The molecular weight excluding hydrogens is 463 g/mol. The van der Waals surface area contributed by atoms with Crippen molar-refractivity contribution in [2.45, 2.75) is 50.5 Å². The number of aromatic amines is 1. The lowest BCUT2D eigenvalue weighted by Gasteiger charge is -2.15. The van der Waals surface area contributed by atoms with Gasteiger partial charge in [0.25, 0.3) is 5.56 Å². The third kappa shape index (κ3) is 4.97. The van der Waals surface area contributed by atoms with Crippen molar-refractivity contribution in [3.63, 3.8) is 0 Å². The van der Waals surface area contributed by atoms with Crippen LogP contribution in [0.3, 0.4) is 0 Å². The molecule has 3 heterocycles. The normalized spacial score (nSPS) is 15.6.